The summed E-state index contributed by atoms with van der Waals surface area (Å²) in [6.45, 7) is 6.25. The second-order valence-electron chi connectivity index (χ2n) is 5.61. The third kappa shape index (κ3) is 3.73. The highest BCUT2D eigenvalue weighted by Gasteiger charge is 2.17. The van der Waals surface area contributed by atoms with Crippen molar-refractivity contribution in [3.63, 3.8) is 0 Å². The molecule has 0 fully saturated rings. The molecule has 1 N–H and O–H groups in total. The third-order valence-electron chi connectivity index (χ3n) is 3.56. The zero-order valence-electron chi connectivity index (χ0n) is 13.9. The molecular formula is C17H19N5OS. The number of rotatable bonds is 5. The van der Waals surface area contributed by atoms with Crippen LogP contribution in [0.1, 0.15) is 23.9 Å². The van der Waals surface area contributed by atoms with Gasteiger partial charge in [0.05, 0.1) is 5.25 Å². The molecule has 0 unspecified atom stereocenters. The highest BCUT2D eigenvalue weighted by molar-refractivity contribution is 8.00. The monoisotopic (exact) mass is 341 g/mol. The Morgan fingerprint density at radius 2 is 2.00 bits per heavy atom. The van der Waals surface area contributed by atoms with Gasteiger partial charge >= 0.3 is 0 Å². The van der Waals surface area contributed by atoms with Crippen LogP contribution < -0.4 is 5.32 Å². The molecule has 0 saturated heterocycles. The smallest absolute Gasteiger partial charge is 0.253 e. The fraction of sp³-hybridized carbons (Fsp3) is 0.294. The fourth-order valence-electron chi connectivity index (χ4n) is 2.34. The van der Waals surface area contributed by atoms with E-state index >= 15 is 0 Å². The van der Waals surface area contributed by atoms with Gasteiger partial charge in [0, 0.05) is 17.9 Å². The number of thioether (sulfide) groups is 1. The van der Waals surface area contributed by atoms with Gasteiger partial charge in [0.25, 0.3) is 5.78 Å². The largest absolute Gasteiger partial charge is 0.351 e. The van der Waals surface area contributed by atoms with Crippen molar-refractivity contribution in [3.05, 3.63) is 53.3 Å². The molecule has 2 aromatic heterocycles. The summed E-state index contributed by atoms with van der Waals surface area (Å²) in [5.41, 5.74) is 2.94. The normalized spacial score (nSPS) is 12.3. The van der Waals surface area contributed by atoms with Crippen molar-refractivity contribution in [3.8, 4) is 0 Å². The second kappa shape index (κ2) is 7.00. The number of amides is 1. The van der Waals surface area contributed by atoms with E-state index in [0.29, 0.717) is 17.5 Å². The summed E-state index contributed by atoms with van der Waals surface area (Å²) >= 11 is 1.33. The van der Waals surface area contributed by atoms with Crippen molar-refractivity contribution in [1.29, 1.82) is 0 Å². The molecule has 3 aromatic rings. The summed E-state index contributed by atoms with van der Waals surface area (Å²) in [5.74, 6) is 0.524. The molecule has 0 saturated carbocycles. The van der Waals surface area contributed by atoms with Crippen molar-refractivity contribution in [2.45, 2.75) is 37.7 Å². The SMILES string of the molecule is Cc1cc(C)n2nc(S[C@H](C)C(=O)NCc3ccccc3)nc2n1. The topological polar surface area (TPSA) is 72.2 Å². The van der Waals surface area contributed by atoms with Gasteiger partial charge in [-0.3, -0.25) is 4.79 Å². The van der Waals surface area contributed by atoms with E-state index in [4.69, 9.17) is 0 Å². The second-order valence-corrected chi connectivity index (χ2v) is 6.92. The number of hydrogen-bond acceptors (Lipinski definition) is 5. The van der Waals surface area contributed by atoms with E-state index in [2.05, 4.69) is 20.4 Å². The number of hydrogen-bond donors (Lipinski definition) is 1. The minimum absolute atomic E-state index is 0.0384. The van der Waals surface area contributed by atoms with E-state index in [-0.39, 0.29) is 11.2 Å². The van der Waals surface area contributed by atoms with Crippen LogP contribution in [0.2, 0.25) is 0 Å². The lowest BCUT2D eigenvalue weighted by Gasteiger charge is -2.10. The van der Waals surface area contributed by atoms with Crippen LogP contribution in [0.3, 0.4) is 0 Å². The first-order chi connectivity index (χ1) is 11.5. The number of benzene rings is 1. The molecule has 3 rings (SSSR count). The molecule has 0 bridgehead atoms. The molecule has 124 valence electrons. The molecule has 6 nitrogen and oxygen atoms in total. The maximum absolute atomic E-state index is 12.2. The van der Waals surface area contributed by atoms with Crippen molar-refractivity contribution in [1.82, 2.24) is 24.9 Å². The number of nitrogens with one attached hydrogen (secondary N) is 1. The first kappa shape index (κ1) is 16.4. The summed E-state index contributed by atoms with van der Waals surface area (Å²) < 4.78 is 1.70. The maximum Gasteiger partial charge on any atom is 0.253 e. The molecule has 1 aromatic carbocycles. The number of nitrogens with zero attached hydrogens (tertiary/aromatic N) is 4. The predicted molar refractivity (Wildman–Crippen MR) is 93.9 cm³/mol. The van der Waals surface area contributed by atoms with Crippen LogP contribution in [-0.4, -0.2) is 30.7 Å². The average Bonchev–Trinajstić information content (AvgIpc) is 2.96. The molecule has 0 aliphatic heterocycles. The quantitative estimate of drug-likeness (QED) is 0.722. The van der Waals surface area contributed by atoms with Crippen molar-refractivity contribution < 1.29 is 4.79 Å². The van der Waals surface area contributed by atoms with Gasteiger partial charge in [-0.25, -0.2) is 9.50 Å². The van der Waals surface area contributed by atoms with E-state index in [1.54, 1.807) is 4.52 Å². The molecule has 24 heavy (non-hydrogen) atoms. The van der Waals surface area contributed by atoms with Gasteiger partial charge in [0.2, 0.25) is 11.1 Å². The minimum Gasteiger partial charge on any atom is -0.351 e. The van der Waals surface area contributed by atoms with Gasteiger partial charge < -0.3 is 5.32 Å². The fourth-order valence-corrected chi connectivity index (χ4v) is 3.11. The van der Waals surface area contributed by atoms with Crippen LogP contribution in [0.4, 0.5) is 0 Å². The molecule has 0 spiro atoms. The van der Waals surface area contributed by atoms with Crippen LogP contribution in [0, 0.1) is 13.8 Å². The third-order valence-corrected chi connectivity index (χ3v) is 4.51. The van der Waals surface area contributed by atoms with Crippen LogP contribution in [-0.2, 0) is 11.3 Å². The van der Waals surface area contributed by atoms with E-state index in [0.717, 1.165) is 17.0 Å². The van der Waals surface area contributed by atoms with Gasteiger partial charge in [-0.1, -0.05) is 42.1 Å². The molecule has 1 amide bonds. The number of aryl methyl sites for hydroxylation is 2. The summed E-state index contributed by atoms with van der Waals surface area (Å²) in [6.07, 6.45) is 0. The number of fused-ring (bicyclic) bond motifs is 1. The Morgan fingerprint density at radius 3 is 2.75 bits per heavy atom. The molecule has 1 atom stereocenters. The first-order valence-electron chi connectivity index (χ1n) is 7.72. The summed E-state index contributed by atoms with van der Waals surface area (Å²) in [4.78, 5) is 21.0. The molecule has 2 heterocycles. The Kier molecular flexibility index (Phi) is 4.80. The van der Waals surface area contributed by atoms with E-state index in [1.807, 2.05) is 57.2 Å². The highest BCUT2D eigenvalue weighted by atomic mass is 32.2. The Hall–Kier alpha value is -2.41. The van der Waals surface area contributed by atoms with Crippen molar-refractivity contribution >= 4 is 23.4 Å². The van der Waals surface area contributed by atoms with Gasteiger partial charge in [0.15, 0.2) is 0 Å². The van der Waals surface area contributed by atoms with Gasteiger partial charge in [-0.15, -0.1) is 5.10 Å². The Labute approximate surface area is 144 Å². The van der Waals surface area contributed by atoms with Crippen LogP contribution in [0.5, 0.6) is 0 Å². The molecule has 0 radical (unpaired) electrons. The van der Waals surface area contributed by atoms with Crippen molar-refractivity contribution in [2.24, 2.45) is 0 Å². The van der Waals surface area contributed by atoms with Gasteiger partial charge in [-0.05, 0) is 32.4 Å². The van der Waals surface area contributed by atoms with Crippen LogP contribution in [0.15, 0.2) is 41.6 Å². The van der Waals surface area contributed by atoms with Crippen LogP contribution in [0.25, 0.3) is 5.78 Å². The number of aromatic nitrogens is 4. The average molecular weight is 341 g/mol. The number of carbonyl (C=O) groups is 1. The lowest BCUT2D eigenvalue weighted by atomic mass is 10.2. The number of carbonyl (C=O) groups excluding carboxylic acids is 1. The van der Waals surface area contributed by atoms with Crippen molar-refractivity contribution in [2.75, 3.05) is 0 Å². The van der Waals surface area contributed by atoms with Crippen LogP contribution >= 0.6 is 11.8 Å². The molecule has 0 aliphatic rings. The Bertz CT molecular complexity index is 862. The standard InChI is InChI=1S/C17H19N5OS/c1-11-9-12(2)22-16(19-11)20-17(21-22)24-13(3)15(23)18-10-14-7-5-4-6-8-14/h4-9,13H,10H2,1-3H3,(H,18,23)/t13-/m1/s1. The highest BCUT2D eigenvalue weighted by Crippen LogP contribution is 2.20. The van der Waals surface area contributed by atoms with Gasteiger partial charge in [-0.2, -0.15) is 4.98 Å². The maximum atomic E-state index is 12.2. The van der Waals surface area contributed by atoms with E-state index in [1.165, 1.54) is 11.8 Å². The summed E-state index contributed by atoms with van der Waals surface area (Å²) in [5, 5.41) is 7.63. The Morgan fingerprint density at radius 1 is 1.25 bits per heavy atom. The first-order valence-corrected chi connectivity index (χ1v) is 8.60. The van der Waals surface area contributed by atoms with Gasteiger partial charge in [0.1, 0.15) is 0 Å². The molecular weight excluding hydrogens is 322 g/mol. The lowest BCUT2D eigenvalue weighted by Crippen LogP contribution is -2.30. The predicted octanol–water partition coefficient (Wildman–Crippen LogP) is 2.54. The summed E-state index contributed by atoms with van der Waals surface area (Å²) in [6, 6.07) is 11.8. The minimum atomic E-state index is -0.285. The zero-order valence-corrected chi connectivity index (χ0v) is 14.7. The van der Waals surface area contributed by atoms with E-state index < -0.39 is 0 Å². The summed E-state index contributed by atoms with van der Waals surface area (Å²) in [7, 11) is 0. The zero-order chi connectivity index (χ0) is 17.1. The molecule has 7 heteroatoms. The Balaban J connectivity index is 1.64. The lowest BCUT2D eigenvalue weighted by molar-refractivity contribution is -0.120. The molecule has 0 aliphatic carbocycles. The van der Waals surface area contributed by atoms with E-state index in [9.17, 15) is 4.79 Å².